The van der Waals surface area contributed by atoms with Gasteiger partial charge in [0.1, 0.15) is 6.17 Å². The molecule has 3 fully saturated rings. The lowest BCUT2D eigenvalue weighted by molar-refractivity contribution is -0.191. The van der Waals surface area contributed by atoms with Crippen LogP contribution in [-0.2, 0) is 9.59 Å². The van der Waals surface area contributed by atoms with E-state index >= 15 is 8.78 Å². The lowest BCUT2D eigenvalue weighted by atomic mass is 9.45. The first-order chi connectivity index (χ1) is 13.4. The van der Waals surface area contributed by atoms with Crippen molar-refractivity contribution in [2.75, 3.05) is 0 Å². The average molecular weight is 427 g/mol. The van der Waals surface area contributed by atoms with Crippen molar-refractivity contribution in [1.29, 1.82) is 0 Å². The van der Waals surface area contributed by atoms with Crippen molar-refractivity contribution >= 4 is 23.7 Å². The Kier molecular flexibility index (Phi) is 4.46. The van der Waals surface area contributed by atoms with Gasteiger partial charge in [-0.2, -0.15) is 0 Å². The highest BCUT2D eigenvalue weighted by Gasteiger charge is 2.72. The molecule has 0 aromatic heterocycles. The van der Waals surface area contributed by atoms with Crippen LogP contribution in [0.15, 0.2) is 34.1 Å². The molecule has 0 heterocycles. The third-order valence-electron chi connectivity index (χ3n) is 8.18. The van der Waals surface area contributed by atoms with Crippen LogP contribution in [0.5, 0.6) is 0 Å². The molecule has 0 amide bonds. The normalized spacial score (nSPS) is 50.7. The van der Waals surface area contributed by atoms with Crippen LogP contribution in [0, 0.1) is 28.6 Å². The van der Waals surface area contributed by atoms with Gasteiger partial charge < -0.3 is 10.2 Å². The van der Waals surface area contributed by atoms with E-state index in [1.165, 1.54) is 13.0 Å². The quantitative estimate of drug-likeness (QED) is 0.375. The number of aliphatic hydroxyl groups excluding tert-OH is 2. The highest BCUT2D eigenvalue weighted by molar-refractivity contribution is 6.44. The summed E-state index contributed by atoms with van der Waals surface area (Å²) >= 11 is 6.03. The third-order valence-corrected chi connectivity index (χ3v) is 8.48. The molecule has 4 rings (SSSR count). The zero-order valence-corrected chi connectivity index (χ0v) is 17.3. The van der Waals surface area contributed by atoms with E-state index < -0.39 is 40.5 Å². The first-order valence-electron chi connectivity index (χ1n) is 9.96. The molecule has 7 heteroatoms. The van der Waals surface area contributed by atoms with Crippen LogP contribution in [0.4, 0.5) is 8.78 Å². The van der Waals surface area contributed by atoms with Crippen LogP contribution in [0.2, 0.25) is 0 Å². The molecular formula is C22H25ClF2O4. The number of hydrogen-bond donors (Lipinski definition) is 2. The zero-order valence-electron chi connectivity index (χ0n) is 16.6. The highest BCUT2D eigenvalue weighted by atomic mass is 35.5. The second kappa shape index (κ2) is 6.24. The number of halogens is 3. The van der Waals surface area contributed by atoms with Crippen LogP contribution < -0.4 is 0 Å². The molecular weight excluding hydrogens is 402 g/mol. The predicted molar refractivity (Wildman–Crippen MR) is 104 cm³/mol. The van der Waals surface area contributed by atoms with Gasteiger partial charge in [0, 0.05) is 11.3 Å². The van der Waals surface area contributed by atoms with Crippen LogP contribution in [0.3, 0.4) is 0 Å². The first kappa shape index (κ1) is 20.7. The van der Waals surface area contributed by atoms with Gasteiger partial charge in [-0.15, -0.1) is 0 Å². The lowest BCUT2D eigenvalue weighted by Gasteiger charge is -2.62. The van der Waals surface area contributed by atoms with Gasteiger partial charge >= 0.3 is 0 Å². The van der Waals surface area contributed by atoms with Crippen molar-refractivity contribution < 1.29 is 28.6 Å². The number of fused-ring (bicyclic) bond motifs is 5. The number of allylic oxidation sites excluding steroid dienone is 6. The summed E-state index contributed by atoms with van der Waals surface area (Å²) in [6.45, 7) is 5.16. The summed E-state index contributed by atoms with van der Waals surface area (Å²) in [6, 6.07) is 0. The molecule has 4 aliphatic carbocycles. The number of rotatable bonds is 1. The van der Waals surface area contributed by atoms with Crippen molar-refractivity contribution in [2.45, 2.75) is 58.0 Å². The van der Waals surface area contributed by atoms with Crippen molar-refractivity contribution in [1.82, 2.24) is 0 Å². The van der Waals surface area contributed by atoms with E-state index in [1.807, 2.05) is 13.8 Å². The topological polar surface area (TPSA) is 74.6 Å². The maximum atomic E-state index is 16.9. The minimum absolute atomic E-state index is 0.0124. The molecule has 29 heavy (non-hydrogen) atoms. The Morgan fingerprint density at radius 2 is 1.97 bits per heavy atom. The molecule has 0 radical (unpaired) electrons. The fraction of sp³-hybridized carbons (Fsp3) is 0.636. The lowest BCUT2D eigenvalue weighted by Crippen LogP contribution is -2.67. The molecule has 0 aliphatic heterocycles. The summed E-state index contributed by atoms with van der Waals surface area (Å²) in [4.78, 5) is 23.3. The Hall–Kier alpha value is -1.53. The third kappa shape index (κ3) is 2.39. The van der Waals surface area contributed by atoms with E-state index in [4.69, 9.17) is 11.6 Å². The molecule has 2 N–H and O–H groups in total. The van der Waals surface area contributed by atoms with Gasteiger partial charge in [-0.05, 0) is 66.7 Å². The van der Waals surface area contributed by atoms with E-state index in [-0.39, 0.29) is 41.0 Å². The molecule has 0 unspecified atom stereocenters. The Morgan fingerprint density at radius 3 is 2.59 bits per heavy atom. The van der Waals surface area contributed by atoms with Crippen LogP contribution in [0.25, 0.3) is 0 Å². The smallest absolute Gasteiger partial charge is 0.196 e. The number of aldehydes is 1. The molecule has 0 spiro atoms. The molecule has 4 aliphatic rings. The number of carbonyl (C=O) groups is 2. The summed E-state index contributed by atoms with van der Waals surface area (Å²) in [5, 5.41) is 21.1. The minimum Gasteiger partial charge on any atom is -0.505 e. The molecule has 0 aromatic rings. The number of aliphatic hydroxyl groups is 2. The fourth-order valence-corrected chi connectivity index (χ4v) is 7.30. The summed E-state index contributed by atoms with van der Waals surface area (Å²) in [5.41, 5.74) is -4.07. The molecule has 3 saturated carbocycles. The molecule has 158 valence electrons. The van der Waals surface area contributed by atoms with Crippen molar-refractivity contribution in [2.24, 2.45) is 28.6 Å². The van der Waals surface area contributed by atoms with E-state index in [1.54, 1.807) is 0 Å². The minimum atomic E-state index is -2.22. The average Bonchev–Trinajstić information content (AvgIpc) is 2.90. The van der Waals surface area contributed by atoms with Gasteiger partial charge in [-0.3, -0.25) is 9.59 Å². The van der Waals surface area contributed by atoms with E-state index in [9.17, 15) is 19.8 Å². The van der Waals surface area contributed by atoms with Gasteiger partial charge in [-0.25, -0.2) is 8.78 Å². The van der Waals surface area contributed by atoms with Crippen LogP contribution in [-0.4, -0.2) is 40.2 Å². The van der Waals surface area contributed by atoms with Gasteiger partial charge in [0.25, 0.3) is 0 Å². The SMILES string of the molecule is C[C@@H]1C[C@H]2[C@@H]3C[C@H](F)C4=CC(=O)C(Cl)=C[C@]4(C)[C@@]3(F)[C@@H](O)C[C@]2(C)C1=C(O)C=O. The predicted octanol–water partition coefficient (Wildman–Crippen LogP) is 4.13. The summed E-state index contributed by atoms with van der Waals surface area (Å²) in [6.07, 6.45) is -0.0256. The highest BCUT2D eigenvalue weighted by Crippen LogP contribution is 2.70. The zero-order chi connectivity index (χ0) is 21.5. The fourth-order valence-electron chi connectivity index (χ4n) is 7.02. The number of alkyl halides is 2. The second-order valence-corrected chi connectivity index (χ2v) is 9.94. The summed E-state index contributed by atoms with van der Waals surface area (Å²) in [5.74, 6) is -2.37. The van der Waals surface area contributed by atoms with E-state index in [0.29, 0.717) is 18.3 Å². The Labute approximate surface area is 173 Å². The molecule has 0 saturated heterocycles. The largest absolute Gasteiger partial charge is 0.505 e. The monoisotopic (exact) mass is 426 g/mol. The first-order valence-corrected chi connectivity index (χ1v) is 10.3. The summed E-state index contributed by atoms with van der Waals surface area (Å²) in [7, 11) is 0. The van der Waals surface area contributed by atoms with Crippen molar-refractivity contribution in [3.8, 4) is 0 Å². The van der Waals surface area contributed by atoms with Crippen molar-refractivity contribution in [3.63, 3.8) is 0 Å². The van der Waals surface area contributed by atoms with Crippen LogP contribution in [0.1, 0.15) is 40.0 Å². The molecule has 0 bridgehead atoms. The Balaban J connectivity index is 1.90. The van der Waals surface area contributed by atoms with Crippen LogP contribution >= 0.6 is 11.6 Å². The number of hydrogen-bond acceptors (Lipinski definition) is 4. The number of ketones is 1. The van der Waals surface area contributed by atoms with E-state index in [2.05, 4.69) is 0 Å². The van der Waals surface area contributed by atoms with Gasteiger partial charge in [-0.1, -0.05) is 25.4 Å². The summed E-state index contributed by atoms with van der Waals surface area (Å²) < 4.78 is 32.2. The molecule has 4 nitrogen and oxygen atoms in total. The molecule has 8 atom stereocenters. The standard InChI is InChI=1S/C22H25ClF2O4/c1-10-4-11-12-5-15(24)13-6-16(27)14(23)7-21(13,3)22(12,25)18(29)8-20(11,2)19(10)17(28)9-26/h6-7,9-12,15,18,28-29H,4-5,8H2,1-3H3/t10-,11+,12+,15+,18+,20+,21+,22+/m1/s1. The second-order valence-electron chi connectivity index (χ2n) is 9.53. The van der Waals surface area contributed by atoms with E-state index in [0.717, 1.165) is 6.08 Å². The maximum Gasteiger partial charge on any atom is 0.196 e. The number of carbonyl (C=O) groups excluding carboxylic acids is 2. The van der Waals surface area contributed by atoms with Gasteiger partial charge in [0.05, 0.1) is 11.1 Å². The van der Waals surface area contributed by atoms with Crippen molar-refractivity contribution in [3.05, 3.63) is 34.1 Å². The van der Waals surface area contributed by atoms with Gasteiger partial charge in [0.2, 0.25) is 0 Å². The Morgan fingerprint density at radius 1 is 1.31 bits per heavy atom. The van der Waals surface area contributed by atoms with Gasteiger partial charge in [0.15, 0.2) is 23.5 Å². The Bertz CT molecular complexity index is 895. The maximum absolute atomic E-state index is 16.9. The molecule has 0 aromatic carbocycles.